The van der Waals surface area contributed by atoms with E-state index in [1.54, 1.807) is 12.3 Å². The van der Waals surface area contributed by atoms with Gasteiger partial charge in [0, 0.05) is 12.0 Å². The van der Waals surface area contributed by atoms with Crippen molar-refractivity contribution in [2.24, 2.45) is 5.84 Å². The summed E-state index contributed by atoms with van der Waals surface area (Å²) in [5, 5.41) is 0. The fourth-order valence-electron chi connectivity index (χ4n) is 1.91. The Morgan fingerprint density at radius 3 is 3.00 bits per heavy atom. The Morgan fingerprint density at radius 1 is 1.39 bits per heavy atom. The van der Waals surface area contributed by atoms with Gasteiger partial charge in [-0.05, 0) is 22.0 Å². The number of aromatic nitrogens is 2. The maximum atomic E-state index is 5.50. The number of rotatable bonds is 2. The van der Waals surface area contributed by atoms with Gasteiger partial charge in [0.05, 0.1) is 29.6 Å². The molecule has 6 nitrogen and oxygen atoms in total. The summed E-state index contributed by atoms with van der Waals surface area (Å²) in [7, 11) is 0. The van der Waals surface area contributed by atoms with Gasteiger partial charge in [-0.1, -0.05) is 0 Å². The summed E-state index contributed by atoms with van der Waals surface area (Å²) < 4.78 is 11.6. The van der Waals surface area contributed by atoms with Gasteiger partial charge in [-0.25, -0.2) is 15.8 Å². The van der Waals surface area contributed by atoms with Gasteiger partial charge in [-0.3, -0.25) is 0 Å². The van der Waals surface area contributed by atoms with Crippen LogP contribution in [0.1, 0.15) is 11.3 Å². The number of nitrogens with two attached hydrogens (primary N) is 1. The molecule has 0 atom stereocenters. The van der Waals surface area contributed by atoms with Crippen LogP contribution in [0.2, 0.25) is 0 Å². The van der Waals surface area contributed by atoms with Crippen molar-refractivity contribution in [3.8, 4) is 11.6 Å². The standard InChI is InChI=1S/C11H11BrN4O2/c12-7-1-4-18-9(7)11-14-8-2-3-17-5-6(8)10(15-11)16-13/h1,4H,2-3,5,13H2,(H,14,15,16). The molecule has 2 aromatic rings. The zero-order chi connectivity index (χ0) is 12.5. The van der Waals surface area contributed by atoms with Gasteiger partial charge in [-0.2, -0.15) is 0 Å². The predicted octanol–water partition coefficient (Wildman–Crippen LogP) is 1.86. The number of anilines is 1. The van der Waals surface area contributed by atoms with Crippen molar-refractivity contribution in [3.63, 3.8) is 0 Å². The van der Waals surface area contributed by atoms with E-state index in [0.717, 1.165) is 22.2 Å². The van der Waals surface area contributed by atoms with Crippen molar-refractivity contribution in [3.05, 3.63) is 28.1 Å². The van der Waals surface area contributed by atoms with E-state index in [1.165, 1.54) is 0 Å². The zero-order valence-corrected chi connectivity index (χ0v) is 11.0. The Kier molecular flexibility index (Phi) is 3.02. The van der Waals surface area contributed by atoms with Gasteiger partial charge in [0.2, 0.25) is 0 Å². The average Bonchev–Trinajstić information content (AvgIpc) is 2.83. The quantitative estimate of drug-likeness (QED) is 0.650. The Bertz CT molecular complexity index is 567. The Balaban J connectivity index is 2.14. The molecule has 0 unspecified atom stereocenters. The summed E-state index contributed by atoms with van der Waals surface area (Å²) in [6.07, 6.45) is 2.33. The number of hydrazine groups is 1. The van der Waals surface area contributed by atoms with Crippen LogP contribution >= 0.6 is 15.9 Å². The van der Waals surface area contributed by atoms with Crippen molar-refractivity contribution in [1.29, 1.82) is 0 Å². The molecule has 1 aliphatic rings. The monoisotopic (exact) mass is 310 g/mol. The first-order valence-electron chi connectivity index (χ1n) is 5.47. The summed E-state index contributed by atoms with van der Waals surface area (Å²) in [4.78, 5) is 8.87. The topological polar surface area (TPSA) is 86.2 Å². The lowest BCUT2D eigenvalue weighted by Crippen LogP contribution is -2.19. The number of furan rings is 1. The summed E-state index contributed by atoms with van der Waals surface area (Å²) in [6.45, 7) is 1.14. The molecule has 94 valence electrons. The SMILES string of the molecule is NNc1nc(-c2occc2Br)nc2c1COCC2. The van der Waals surface area contributed by atoms with Crippen LogP contribution in [0.3, 0.4) is 0 Å². The number of hydrogen-bond donors (Lipinski definition) is 2. The molecule has 0 amide bonds. The lowest BCUT2D eigenvalue weighted by Gasteiger charge is -2.18. The molecule has 0 saturated carbocycles. The minimum Gasteiger partial charge on any atom is -0.460 e. The minimum absolute atomic E-state index is 0.481. The Labute approximate surface area is 112 Å². The molecule has 0 saturated heterocycles. The lowest BCUT2D eigenvalue weighted by molar-refractivity contribution is 0.109. The van der Waals surface area contributed by atoms with Crippen LogP contribution < -0.4 is 11.3 Å². The second-order valence-electron chi connectivity index (χ2n) is 3.87. The van der Waals surface area contributed by atoms with E-state index in [9.17, 15) is 0 Å². The molecule has 0 fully saturated rings. The molecule has 2 aromatic heterocycles. The number of nitrogens with zero attached hydrogens (tertiary/aromatic N) is 2. The van der Waals surface area contributed by atoms with Gasteiger partial charge >= 0.3 is 0 Å². The molecule has 0 aliphatic carbocycles. The van der Waals surface area contributed by atoms with E-state index in [0.29, 0.717) is 30.6 Å². The maximum Gasteiger partial charge on any atom is 0.199 e. The first-order valence-corrected chi connectivity index (χ1v) is 6.26. The highest BCUT2D eigenvalue weighted by atomic mass is 79.9. The van der Waals surface area contributed by atoms with E-state index in [1.807, 2.05) is 0 Å². The molecular formula is C11H11BrN4O2. The van der Waals surface area contributed by atoms with Crippen LogP contribution in [0.15, 0.2) is 21.2 Å². The molecule has 0 spiro atoms. The third-order valence-electron chi connectivity index (χ3n) is 2.78. The number of nitrogen functional groups attached to an aromatic ring is 1. The van der Waals surface area contributed by atoms with Crippen molar-refractivity contribution in [2.45, 2.75) is 13.0 Å². The van der Waals surface area contributed by atoms with Crippen molar-refractivity contribution in [1.82, 2.24) is 9.97 Å². The van der Waals surface area contributed by atoms with E-state index < -0.39 is 0 Å². The molecule has 3 N–H and O–H groups in total. The van der Waals surface area contributed by atoms with Gasteiger partial charge in [-0.15, -0.1) is 0 Å². The Hall–Kier alpha value is -1.44. The summed E-state index contributed by atoms with van der Waals surface area (Å²) in [5.41, 5.74) is 4.45. The second kappa shape index (κ2) is 4.68. The van der Waals surface area contributed by atoms with E-state index >= 15 is 0 Å². The van der Waals surface area contributed by atoms with Crippen LogP contribution in [-0.2, 0) is 17.8 Å². The lowest BCUT2D eigenvalue weighted by atomic mass is 10.1. The highest BCUT2D eigenvalue weighted by Crippen LogP contribution is 2.30. The average molecular weight is 311 g/mol. The Morgan fingerprint density at radius 2 is 2.28 bits per heavy atom. The number of nitrogens with one attached hydrogen (secondary N) is 1. The van der Waals surface area contributed by atoms with Crippen LogP contribution in [0.5, 0.6) is 0 Å². The van der Waals surface area contributed by atoms with Crippen LogP contribution in [-0.4, -0.2) is 16.6 Å². The molecule has 7 heteroatoms. The molecule has 1 aliphatic heterocycles. The minimum atomic E-state index is 0.481. The van der Waals surface area contributed by atoms with Crippen LogP contribution in [0.4, 0.5) is 5.82 Å². The van der Waals surface area contributed by atoms with Crippen LogP contribution in [0, 0.1) is 0 Å². The predicted molar refractivity (Wildman–Crippen MR) is 68.6 cm³/mol. The van der Waals surface area contributed by atoms with Crippen molar-refractivity contribution in [2.75, 3.05) is 12.0 Å². The fraction of sp³-hybridized carbons (Fsp3) is 0.273. The van der Waals surface area contributed by atoms with Crippen molar-refractivity contribution < 1.29 is 9.15 Å². The first kappa shape index (κ1) is 11.6. The summed E-state index contributed by atoms with van der Waals surface area (Å²) in [5.74, 6) is 7.19. The van der Waals surface area contributed by atoms with E-state index in [2.05, 4.69) is 31.3 Å². The maximum absolute atomic E-state index is 5.50. The van der Waals surface area contributed by atoms with E-state index in [4.69, 9.17) is 15.0 Å². The molecule has 3 rings (SSSR count). The molecule has 0 bridgehead atoms. The van der Waals surface area contributed by atoms with Gasteiger partial charge in [0.15, 0.2) is 11.6 Å². The third-order valence-corrected chi connectivity index (χ3v) is 3.40. The zero-order valence-electron chi connectivity index (χ0n) is 9.44. The van der Waals surface area contributed by atoms with Gasteiger partial charge < -0.3 is 14.6 Å². The number of fused-ring (bicyclic) bond motifs is 1. The second-order valence-corrected chi connectivity index (χ2v) is 4.72. The van der Waals surface area contributed by atoms with Crippen LogP contribution in [0.25, 0.3) is 11.6 Å². The fourth-order valence-corrected chi connectivity index (χ4v) is 2.28. The summed E-state index contributed by atoms with van der Waals surface area (Å²) in [6, 6.07) is 1.80. The molecule has 0 aromatic carbocycles. The smallest absolute Gasteiger partial charge is 0.199 e. The number of halogens is 1. The van der Waals surface area contributed by atoms with Crippen molar-refractivity contribution >= 4 is 21.7 Å². The molecular weight excluding hydrogens is 300 g/mol. The highest BCUT2D eigenvalue weighted by Gasteiger charge is 2.20. The van der Waals surface area contributed by atoms with Gasteiger partial charge in [0.1, 0.15) is 5.82 Å². The summed E-state index contributed by atoms with van der Waals surface area (Å²) >= 11 is 3.40. The highest BCUT2D eigenvalue weighted by molar-refractivity contribution is 9.10. The molecule has 0 radical (unpaired) electrons. The van der Waals surface area contributed by atoms with E-state index in [-0.39, 0.29) is 0 Å². The van der Waals surface area contributed by atoms with Gasteiger partial charge in [0.25, 0.3) is 0 Å². The molecule has 18 heavy (non-hydrogen) atoms. The number of hydrogen-bond acceptors (Lipinski definition) is 6. The number of ether oxygens (including phenoxy) is 1. The first-order chi connectivity index (χ1) is 8.79. The molecule has 3 heterocycles. The third kappa shape index (κ3) is 1.90. The largest absolute Gasteiger partial charge is 0.460 e. The normalized spacial score (nSPS) is 14.3.